The molecule has 1 rings (SSSR count). The number of rotatable bonds is 3. The molecule has 1 heterocycles. The number of ether oxygens (including phenoxy) is 1. The van der Waals surface area contributed by atoms with E-state index in [1.165, 1.54) is 44.9 Å². The molecule has 17 heavy (non-hydrogen) atoms. The standard InChI is InChI=1S/C15H28O2/c1-2-3-11-14-12-9-7-5-4-6-8-10-13-17-15(14)16/h14H,2-13H2,1H3. The van der Waals surface area contributed by atoms with Crippen molar-refractivity contribution in [1.82, 2.24) is 0 Å². The second-order valence-electron chi connectivity index (χ2n) is 5.27. The van der Waals surface area contributed by atoms with E-state index in [1.807, 2.05) is 0 Å². The fourth-order valence-electron chi connectivity index (χ4n) is 2.50. The summed E-state index contributed by atoms with van der Waals surface area (Å²) < 4.78 is 5.39. The highest BCUT2D eigenvalue weighted by molar-refractivity contribution is 5.72. The van der Waals surface area contributed by atoms with Crippen LogP contribution in [0.1, 0.15) is 77.6 Å². The number of esters is 1. The van der Waals surface area contributed by atoms with Crippen molar-refractivity contribution in [2.45, 2.75) is 77.6 Å². The van der Waals surface area contributed by atoms with Crippen LogP contribution in [-0.2, 0) is 9.53 Å². The van der Waals surface area contributed by atoms with Gasteiger partial charge in [0.05, 0.1) is 12.5 Å². The van der Waals surface area contributed by atoms with E-state index in [4.69, 9.17) is 4.74 Å². The van der Waals surface area contributed by atoms with Crippen molar-refractivity contribution in [3.05, 3.63) is 0 Å². The molecule has 1 saturated heterocycles. The first-order valence-corrected chi connectivity index (χ1v) is 7.51. The number of hydrogen-bond donors (Lipinski definition) is 0. The first-order valence-electron chi connectivity index (χ1n) is 7.51. The van der Waals surface area contributed by atoms with Crippen molar-refractivity contribution in [2.75, 3.05) is 6.61 Å². The molecule has 2 heteroatoms. The minimum atomic E-state index is 0.0685. The summed E-state index contributed by atoms with van der Waals surface area (Å²) in [6.07, 6.45) is 13.1. The van der Waals surface area contributed by atoms with E-state index in [0.29, 0.717) is 6.61 Å². The maximum absolute atomic E-state index is 11.9. The summed E-state index contributed by atoms with van der Waals surface area (Å²) in [4.78, 5) is 11.9. The quantitative estimate of drug-likeness (QED) is 0.680. The van der Waals surface area contributed by atoms with Crippen molar-refractivity contribution in [2.24, 2.45) is 5.92 Å². The van der Waals surface area contributed by atoms with Gasteiger partial charge in [-0.15, -0.1) is 0 Å². The van der Waals surface area contributed by atoms with Gasteiger partial charge in [-0.2, -0.15) is 0 Å². The number of cyclic esters (lactones) is 1. The molecule has 0 amide bonds. The lowest BCUT2D eigenvalue weighted by atomic mass is 9.95. The average molecular weight is 240 g/mol. The summed E-state index contributed by atoms with van der Waals surface area (Å²) in [5.74, 6) is 0.244. The number of hydrogen-bond acceptors (Lipinski definition) is 2. The fraction of sp³-hybridized carbons (Fsp3) is 0.933. The highest BCUT2D eigenvalue weighted by Gasteiger charge is 2.19. The summed E-state index contributed by atoms with van der Waals surface area (Å²) in [7, 11) is 0. The maximum Gasteiger partial charge on any atom is 0.308 e. The number of unbranched alkanes of at least 4 members (excludes halogenated alkanes) is 1. The minimum absolute atomic E-state index is 0.0685. The van der Waals surface area contributed by atoms with Gasteiger partial charge in [0, 0.05) is 0 Å². The third-order valence-electron chi connectivity index (χ3n) is 3.68. The fourth-order valence-corrected chi connectivity index (χ4v) is 2.50. The Bertz CT molecular complexity index is 201. The Morgan fingerprint density at radius 2 is 1.71 bits per heavy atom. The molecule has 1 fully saturated rings. The van der Waals surface area contributed by atoms with Crippen molar-refractivity contribution < 1.29 is 9.53 Å². The van der Waals surface area contributed by atoms with E-state index < -0.39 is 0 Å². The van der Waals surface area contributed by atoms with Crippen molar-refractivity contribution in [1.29, 1.82) is 0 Å². The molecule has 1 unspecified atom stereocenters. The molecule has 2 nitrogen and oxygen atoms in total. The van der Waals surface area contributed by atoms with Crippen LogP contribution in [0.3, 0.4) is 0 Å². The summed E-state index contributed by atoms with van der Waals surface area (Å²) in [5.41, 5.74) is 0. The molecule has 0 aliphatic carbocycles. The third kappa shape index (κ3) is 6.70. The zero-order chi connectivity index (χ0) is 12.3. The summed E-state index contributed by atoms with van der Waals surface area (Å²) in [5, 5.41) is 0. The molecule has 0 aromatic carbocycles. The van der Waals surface area contributed by atoms with E-state index in [-0.39, 0.29) is 11.9 Å². The zero-order valence-electron chi connectivity index (χ0n) is 11.4. The Kier molecular flexibility index (Phi) is 8.12. The van der Waals surface area contributed by atoms with Crippen LogP contribution in [0.25, 0.3) is 0 Å². The van der Waals surface area contributed by atoms with Crippen molar-refractivity contribution in [3.63, 3.8) is 0 Å². The van der Waals surface area contributed by atoms with Crippen LogP contribution in [-0.4, -0.2) is 12.6 Å². The van der Waals surface area contributed by atoms with Gasteiger partial charge in [-0.25, -0.2) is 0 Å². The molecule has 0 saturated carbocycles. The Morgan fingerprint density at radius 3 is 2.41 bits per heavy atom. The van der Waals surface area contributed by atoms with Crippen LogP contribution in [0.2, 0.25) is 0 Å². The SMILES string of the molecule is CCCCC1CCCCCCCCCOC1=O. The highest BCUT2D eigenvalue weighted by Crippen LogP contribution is 2.20. The van der Waals surface area contributed by atoms with Crippen LogP contribution in [0, 0.1) is 5.92 Å². The van der Waals surface area contributed by atoms with Gasteiger partial charge in [0.1, 0.15) is 0 Å². The maximum atomic E-state index is 11.9. The van der Waals surface area contributed by atoms with Crippen LogP contribution >= 0.6 is 0 Å². The molecule has 100 valence electrons. The molecule has 0 aromatic heterocycles. The molecule has 0 spiro atoms. The van der Waals surface area contributed by atoms with E-state index in [9.17, 15) is 4.79 Å². The summed E-state index contributed by atoms with van der Waals surface area (Å²) in [6, 6.07) is 0. The largest absolute Gasteiger partial charge is 0.465 e. The van der Waals surface area contributed by atoms with Crippen LogP contribution in [0.4, 0.5) is 0 Å². The third-order valence-corrected chi connectivity index (χ3v) is 3.68. The second kappa shape index (κ2) is 9.49. The molecule has 1 aliphatic rings. The molecular weight excluding hydrogens is 212 g/mol. The summed E-state index contributed by atoms with van der Waals surface area (Å²) in [6.45, 7) is 2.82. The van der Waals surface area contributed by atoms with Crippen LogP contribution in [0.5, 0.6) is 0 Å². The molecule has 1 aliphatic heterocycles. The minimum Gasteiger partial charge on any atom is -0.465 e. The van der Waals surface area contributed by atoms with Gasteiger partial charge in [0.15, 0.2) is 0 Å². The van der Waals surface area contributed by atoms with Gasteiger partial charge < -0.3 is 4.74 Å². The van der Waals surface area contributed by atoms with Gasteiger partial charge in [0.2, 0.25) is 0 Å². The van der Waals surface area contributed by atoms with E-state index in [1.54, 1.807) is 0 Å². The van der Waals surface area contributed by atoms with E-state index >= 15 is 0 Å². The summed E-state index contributed by atoms with van der Waals surface area (Å²) >= 11 is 0. The number of carbonyl (C=O) groups is 1. The molecule has 0 aromatic rings. The topological polar surface area (TPSA) is 26.3 Å². The van der Waals surface area contributed by atoms with Gasteiger partial charge in [-0.3, -0.25) is 4.79 Å². The molecule has 0 bridgehead atoms. The highest BCUT2D eigenvalue weighted by atomic mass is 16.5. The molecule has 0 N–H and O–H groups in total. The Labute approximate surface area is 106 Å². The van der Waals surface area contributed by atoms with Crippen molar-refractivity contribution in [3.8, 4) is 0 Å². The number of carbonyl (C=O) groups excluding carboxylic acids is 1. The molecule has 0 radical (unpaired) electrons. The Hall–Kier alpha value is -0.530. The molecular formula is C15H28O2. The smallest absolute Gasteiger partial charge is 0.308 e. The van der Waals surface area contributed by atoms with Crippen molar-refractivity contribution >= 4 is 5.97 Å². The van der Waals surface area contributed by atoms with Gasteiger partial charge in [-0.05, 0) is 19.3 Å². The van der Waals surface area contributed by atoms with Gasteiger partial charge >= 0.3 is 5.97 Å². The lowest BCUT2D eigenvalue weighted by Crippen LogP contribution is -2.19. The van der Waals surface area contributed by atoms with E-state index in [2.05, 4.69) is 6.92 Å². The van der Waals surface area contributed by atoms with Crippen LogP contribution < -0.4 is 0 Å². The van der Waals surface area contributed by atoms with Gasteiger partial charge in [0.25, 0.3) is 0 Å². The predicted molar refractivity (Wildman–Crippen MR) is 70.9 cm³/mol. The lowest BCUT2D eigenvalue weighted by Gasteiger charge is -2.16. The first kappa shape index (κ1) is 14.5. The molecule has 1 atom stereocenters. The predicted octanol–water partition coefficient (Wildman–Crippen LogP) is 4.47. The normalized spacial score (nSPS) is 24.5. The Morgan fingerprint density at radius 1 is 1.06 bits per heavy atom. The lowest BCUT2D eigenvalue weighted by molar-refractivity contribution is -0.149. The zero-order valence-corrected chi connectivity index (χ0v) is 11.4. The Balaban J connectivity index is 2.36. The van der Waals surface area contributed by atoms with Gasteiger partial charge in [-0.1, -0.05) is 58.3 Å². The second-order valence-corrected chi connectivity index (χ2v) is 5.27. The monoisotopic (exact) mass is 240 g/mol. The van der Waals surface area contributed by atoms with Crippen LogP contribution in [0.15, 0.2) is 0 Å². The first-order chi connectivity index (χ1) is 8.34. The average Bonchev–Trinajstić information content (AvgIpc) is 2.33. The van der Waals surface area contributed by atoms with E-state index in [0.717, 1.165) is 25.7 Å².